The fraction of sp³-hybridized carbons (Fsp3) is 0.424. The van der Waals surface area contributed by atoms with Gasteiger partial charge in [0.1, 0.15) is 0 Å². The molecule has 0 aliphatic carbocycles. The predicted octanol–water partition coefficient (Wildman–Crippen LogP) is 4.33. The van der Waals surface area contributed by atoms with Crippen LogP contribution >= 0.6 is 0 Å². The summed E-state index contributed by atoms with van der Waals surface area (Å²) >= 11 is 0. The largest absolute Gasteiger partial charge is 0.443 e. The maximum atomic E-state index is 13.9. The molecule has 4 N–H and O–H groups in total. The molecule has 1 heterocycles. The van der Waals surface area contributed by atoms with Crippen molar-refractivity contribution in [3.05, 3.63) is 101 Å². The highest BCUT2D eigenvalue weighted by molar-refractivity contribution is 5.96. The van der Waals surface area contributed by atoms with Gasteiger partial charge < -0.3 is 20.4 Å². The topological polar surface area (TPSA) is 105 Å². The van der Waals surface area contributed by atoms with E-state index in [2.05, 4.69) is 10.3 Å². The van der Waals surface area contributed by atoms with Crippen molar-refractivity contribution in [2.75, 3.05) is 13.2 Å². The van der Waals surface area contributed by atoms with Crippen LogP contribution in [0.4, 0.5) is 0 Å². The third-order valence-electron chi connectivity index (χ3n) is 6.87. The molecule has 7 nitrogen and oxygen atoms in total. The van der Waals surface area contributed by atoms with Crippen molar-refractivity contribution in [1.82, 2.24) is 15.2 Å². The molecule has 7 heteroatoms. The van der Waals surface area contributed by atoms with E-state index in [0.717, 1.165) is 16.8 Å². The number of aliphatic hydroxyl groups excluding tert-OH is 1. The zero-order chi connectivity index (χ0) is 29.3. The summed E-state index contributed by atoms with van der Waals surface area (Å²) in [6.07, 6.45) is 3.37. The van der Waals surface area contributed by atoms with E-state index in [-0.39, 0.29) is 30.5 Å². The normalized spacial score (nSPS) is 12.6. The van der Waals surface area contributed by atoms with Crippen LogP contribution in [0.3, 0.4) is 0 Å². The zero-order valence-corrected chi connectivity index (χ0v) is 24.4. The molecular weight excluding hydrogens is 502 g/mol. The number of hydrogen-bond acceptors (Lipinski definition) is 4. The van der Waals surface area contributed by atoms with Crippen LogP contribution in [-0.4, -0.2) is 62.2 Å². The number of carbonyl (C=O) groups excluding carboxylic acids is 2. The van der Waals surface area contributed by atoms with Gasteiger partial charge in [-0.25, -0.2) is 0 Å². The average Bonchev–Trinajstić information content (AvgIpc) is 2.90. The van der Waals surface area contributed by atoms with E-state index in [0.29, 0.717) is 36.8 Å². The van der Waals surface area contributed by atoms with E-state index in [1.807, 2.05) is 95.3 Å². The fourth-order valence-corrected chi connectivity index (χ4v) is 4.94. The van der Waals surface area contributed by atoms with Crippen molar-refractivity contribution < 1.29 is 19.8 Å². The first-order valence-corrected chi connectivity index (χ1v) is 13.9. The number of nitrogens with one attached hydrogen (secondary N) is 1. The van der Waals surface area contributed by atoms with Crippen molar-refractivity contribution in [3.8, 4) is 0 Å². The summed E-state index contributed by atoms with van der Waals surface area (Å²) in [5, 5.41) is 21.6. The van der Waals surface area contributed by atoms with Gasteiger partial charge in [0.05, 0.1) is 6.61 Å². The standard InChI is InChI=1S/C33H43N3O4/c1-32(2,3)35-30(39)28-15-8-6-12-24(28)17-18-27(38)22-25-13-7-9-16-29(25)31(40)36(20-21-37)33(4,5)23-26-14-10-11-19-34-26/h6-16,19,27,37-38H,17-18,20-23H2,1-5H3,(H,35,39)/p+1. The Morgan fingerprint density at radius 1 is 0.925 bits per heavy atom. The van der Waals surface area contributed by atoms with Crippen LogP contribution in [0.5, 0.6) is 0 Å². The monoisotopic (exact) mass is 546 g/mol. The predicted molar refractivity (Wildman–Crippen MR) is 160 cm³/mol. The number of nitrogens with zero attached hydrogens (tertiary/aromatic N) is 2. The molecule has 3 aromatic rings. The molecule has 0 radical (unpaired) electrons. The van der Waals surface area contributed by atoms with Gasteiger partial charge in [0.25, 0.3) is 11.8 Å². The lowest BCUT2D eigenvalue weighted by Crippen LogP contribution is -2.50. The Labute approximate surface area is 238 Å². The molecule has 2 aromatic carbocycles. The van der Waals surface area contributed by atoms with Crippen molar-refractivity contribution >= 4 is 11.8 Å². The van der Waals surface area contributed by atoms with Gasteiger partial charge >= 0.3 is 0 Å². The maximum absolute atomic E-state index is 13.9. The lowest BCUT2D eigenvalue weighted by Gasteiger charge is -2.39. The molecule has 0 saturated heterocycles. The van der Waals surface area contributed by atoms with Crippen molar-refractivity contribution in [2.45, 2.75) is 77.5 Å². The van der Waals surface area contributed by atoms with E-state index < -0.39 is 11.6 Å². The molecule has 0 fully saturated rings. The number of amides is 2. The number of carbonyl (C=O) groups is 2. The van der Waals surface area contributed by atoms with Crippen LogP contribution in [-0.2, 0) is 19.3 Å². The summed E-state index contributed by atoms with van der Waals surface area (Å²) in [4.78, 5) is 32.8. The second-order valence-electron chi connectivity index (χ2n) is 11.9. The zero-order valence-electron chi connectivity index (χ0n) is 24.4. The van der Waals surface area contributed by atoms with Gasteiger partial charge in [0, 0.05) is 59.9 Å². The van der Waals surface area contributed by atoms with Crippen molar-refractivity contribution in [2.24, 2.45) is 0 Å². The minimum Gasteiger partial charge on any atom is -0.443 e. The van der Waals surface area contributed by atoms with Crippen LogP contribution in [0.1, 0.15) is 78.6 Å². The number of aryl methyl sites for hydroxylation is 1. The first kappa shape index (κ1) is 31.0. The molecular formula is C33H44N3O4+. The maximum Gasteiger partial charge on any atom is 0.254 e. The molecule has 214 valence electrons. The molecule has 40 heavy (non-hydrogen) atoms. The molecule has 1 atom stereocenters. The van der Waals surface area contributed by atoms with E-state index in [9.17, 15) is 14.7 Å². The van der Waals surface area contributed by atoms with Gasteiger partial charge in [-0.15, -0.1) is 0 Å². The molecule has 1 unspecified atom stereocenters. The average molecular weight is 547 g/mol. The summed E-state index contributed by atoms with van der Waals surface area (Å²) in [5.74, 6) is -0.278. The minimum atomic E-state index is -0.584. The summed E-state index contributed by atoms with van der Waals surface area (Å²) < 4.78 is 0. The van der Waals surface area contributed by atoms with Crippen LogP contribution in [0, 0.1) is 0 Å². The van der Waals surface area contributed by atoms with Gasteiger partial charge in [-0.05, 0) is 76.4 Å². The second-order valence-corrected chi connectivity index (χ2v) is 11.9. The van der Waals surface area contributed by atoms with Gasteiger partial charge in [0.15, 0.2) is 6.10 Å². The van der Waals surface area contributed by atoms with Crippen molar-refractivity contribution in [1.29, 1.82) is 0 Å². The Morgan fingerprint density at radius 2 is 1.55 bits per heavy atom. The molecule has 0 aliphatic heterocycles. The molecule has 0 aliphatic rings. The van der Waals surface area contributed by atoms with Gasteiger partial charge in [-0.1, -0.05) is 42.5 Å². The molecule has 1 aromatic heterocycles. The SMILES string of the molecule is CC(C)(C)NC(=O)c1ccccc1CCC([OH2+])Cc1ccccc1C(=O)N(CCO)C(C)(C)Cc1ccccn1. The summed E-state index contributed by atoms with van der Waals surface area (Å²) in [6.45, 7) is 9.87. The quantitative estimate of drug-likeness (QED) is 0.330. The summed E-state index contributed by atoms with van der Waals surface area (Å²) in [6, 6.07) is 20.7. The van der Waals surface area contributed by atoms with Crippen LogP contribution in [0.15, 0.2) is 72.9 Å². The third-order valence-corrected chi connectivity index (χ3v) is 6.87. The smallest absolute Gasteiger partial charge is 0.254 e. The lowest BCUT2D eigenvalue weighted by atomic mass is 9.92. The Hall–Kier alpha value is -3.55. The van der Waals surface area contributed by atoms with Crippen molar-refractivity contribution in [3.63, 3.8) is 0 Å². The number of β-amino-alcohol motifs (C(OH)–C–C–N with tert-alkyl or cyclic N) is 1. The van der Waals surface area contributed by atoms with E-state index in [4.69, 9.17) is 5.11 Å². The Bertz CT molecular complexity index is 1270. The highest BCUT2D eigenvalue weighted by atomic mass is 16.3. The molecule has 2 amide bonds. The highest BCUT2D eigenvalue weighted by Crippen LogP contribution is 2.25. The van der Waals surface area contributed by atoms with E-state index in [1.165, 1.54) is 0 Å². The number of benzene rings is 2. The Balaban J connectivity index is 1.74. The van der Waals surface area contributed by atoms with Gasteiger partial charge in [-0.3, -0.25) is 14.6 Å². The number of pyridine rings is 1. The molecule has 0 saturated carbocycles. The number of aromatic nitrogens is 1. The Morgan fingerprint density at radius 3 is 2.17 bits per heavy atom. The lowest BCUT2D eigenvalue weighted by molar-refractivity contribution is 0.0485. The fourth-order valence-electron chi connectivity index (χ4n) is 4.94. The summed E-state index contributed by atoms with van der Waals surface area (Å²) in [5.41, 5.74) is 2.86. The van der Waals surface area contributed by atoms with Gasteiger partial charge in [0.2, 0.25) is 0 Å². The number of hydrogen-bond donors (Lipinski definition) is 2. The third kappa shape index (κ3) is 8.73. The van der Waals surface area contributed by atoms with E-state index in [1.54, 1.807) is 17.2 Å². The first-order valence-electron chi connectivity index (χ1n) is 13.9. The molecule has 0 bridgehead atoms. The molecule has 0 spiro atoms. The second kappa shape index (κ2) is 13.7. The van der Waals surface area contributed by atoms with Crippen LogP contribution < -0.4 is 5.32 Å². The number of aliphatic hydroxyl groups is 1. The van der Waals surface area contributed by atoms with Crippen LogP contribution in [0.2, 0.25) is 0 Å². The highest BCUT2D eigenvalue weighted by Gasteiger charge is 2.33. The summed E-state index contributed by atoms with van der Waals surface area (Å²) in [7, 11) is 0. The van der Waals surface area contributed by atoms with Gasteiger partial charge in [-0.2, -0.15) is 0 Å². The van der Waals surface area contributed by atoms with E-state index >= 15 is 0 Å². The Kier molecular flexibility index (Phi) is 10.6. The molecule has 3 rings (SSSR count). The minimum absolute atomic E-state index is 0.113. The number of rotatable bonds is 12. The van der Waals surface area contributed by atoms with Crippen LogP contribution in [0.25, 0.3) is 0 Å². The first-order chi connectivity index (χ1) is 18.9.